The minimum absolute atomic E-state index is 0.532. The van der Waals surface area contributed by atoms with Crippen LogP contribution in [0.4, 0.5) is 0 Å². The van der Waals surface area contributed by atoms with E-state index in [4.69, 9.17) is 5.10 Å². The van der Waals surface area contributed by atoms with Gasteiger partial charge in [0.25, 0.3) is 0 Å². The molecule has 0 saturated heterocycles. The number of rotatable bonds is 7. The zero-order chi connectivity index (χ0) is 13.8. The van der Waals surface area contributed by atoms with Crippen LogP contribution in [-0.4, -0.2) is 15.8 Å². The lowest BCUT2D eigenvalue weighted by molar-refractivity contribution is 0.263. The molecule has 19 heavy (non-hydrogen) atoms. The highest BCUT2D eigenvalue weighted by Crippen LogP contribution is 2.29. The van der Waals surface area contributed by atoms with E-state index in [0.717, 1.165) is 31.8 Å². The molecule has 1 N–H and O–H groups in total. The molecule has 1 fully saturated rings. The van der Waals surface area contributed by atoms with E-state index in [1.807, 2.05) is 0 Å². The fourth-order valence-corrected chi connectivity index (χ4v) is 2.85. The van der Waals surface area contributed by atoms with Gasteiger partial charge in [-0.15, -0.1) is 0 Å². The van der Waals surface area contributed by atoms with Gasteiger partial charge in [-0.05, 0) is 31.6 Å². The van der Waals surface area contributed by atoms with E-state index in [0.29, 0.717) is 6.04 Å². The van der Waals surface area contributed by atoms with Gasteiger partial charge in [0.05, 0.1) is 5.69 Å². The number of aromatic nitrogens is 2. The molecular weight excluding hydrogens is 234 g/mol. The predicted octanol–water partition coefficient (Wildman–Crippen LogP) is 3.31. The van der Waals surface area contributed by atoms with Crippen LogP contribution < -0.4 is 5.32 Å². The highest BCUT2D eigenvalue weighted by molar-refractivity contribution is 5.27. The molecule has 108 valence electrons. The van der Waals surface area contributed by atoms with Crippen LogP contribution in [0.15, 0.2) is 0 Å². The summed E-state index contributed by atoms with van der Waals surface area (Å²) < 4.78 is 2.31. The number of nitrogens with one attached hydrogen (secondary N) is 1. The van der Waals surface area contributed by atoms with E-state index in [2.05, 4.69) is 37.7 Å². The van der Waals surface area contributed by atoms with E-state index in [1.54, 1.807) is 0 Å². The Balaban J connectivity index is 2.17. The normalized spacial score (nSPS) is 16.1. The van der Waals surface area contributed by atoms with Crippen LogP contribution in [0, 0.1) is 5.92 Å². The fourth-order valence-electron chi connectivity index (χ4n) is 2.85. The molecule has 0 bridgehead atoms. The van der Waals surface area contributed by atoms with Crippen LogP contribution in [0.2, 0.25) is 0 Å². The number of hydrogen-bond donors (Lipinski definition) is 1. The van der Waals surface area contributed by atoms with Gasteiger partial charge >= 0.3 is 0 Å². The van der Waals surface area contributed by atoms with Crippen molar-refractivity contribution >= 4 is 0 Å². The van der Waals surface area contributed by atoms with Crippen molar-refractivity contribution in [1.82, 2.24) is 15.1 Å². The molecule has 1 aliphatic rings. The summed E-state index contributed by atoms with van der Waals surface area (Å²) in [6.45, 7) is 11.0. The Bertz CT molecular complexity index is 402. The molecule has 1 saturated carbocycles. The predicted molar refractivity (Wildman–Crippen MR) is 80.3 cm³/mol. The standard InChI is InChI=1S/C16H29N3/c1-5-15-14(10-17-12(3)4)16(6-2)19(18-15)11-13-8-7-9-13/h12-13,17H,5-11H2,1-4H3. The lowest BCUT2D eigenvalue weighted by Crippen LogP contribution is -2.23. The Kier molecular flexibility index (Phi) is 5.03. The summed E-state index contributed by atoms with van der Waals surface area (Å²) in [6.07, 6.45) is 6.33. The van der Waals surface area contributed by atoms with Crippen molar-refractivity contribution in [3.05, 3.63) is 17.0 Å². The molecule has 0 spiro atoms. The van der Waals surface area contributed by atoms with Gasteiger partial charge in [0, 0.05) is 30.4 Å². The second-order valence-electron chi connectivity index (χ2n) is 6.09. The second-order valence-corrected chi connectivity index (χ2v) is 6.09. The van der Waals surface area contributed by atoms with Crippen LogP contribution in [0.5, 0.6) is 0 Å². The van der Waals surface area contributed by atoms with E-state index in [1.165, 1.54) is 36.2 Å². The molecule has 0 aliphatic heterocycles. The molecule has 1 aromatic heterocycles. The van der Waals surface area contributed by atoms with Gasteiger partial charge in [-0.2, -0.15) is 5.10 Å². The van der Waals surface area contributed by atoms with Gasteiger partial charge in [-0.25, -0.2) is 0 Å². The Morgan fingerprint density at radius 2 is 2.00 bits per heavy atom. The molecule has 0 unspecified atom stereocenters. The number of nitrogens with zero attached hydrogens (tertiary/aromatic N) is 2. The van der Waals surface area contributed by atoms with Crippen LogP contribution in [0.3, 0.4) is 0 Å². The topological polar surface area (TPSA) is 29.9 Å². The van der Waals surface area contributed by atoms with E-state index < -0.39 is 0 Å². The maximum Gasteiger partial charge on any atom is 0.0669 e. The summed E-state index contributed by atoms with van der Waals surface area (Å²) in [4.78, 5) is 0. The minimum Gasteiger partial charge on any atom is -0.310 e. The third kappa shape index (κ3) is 3.38. The average Bonchev–Trinajstić information content (AvgIpc) is 2.68. The zero-order valence-corrected chi connectivity index (χ0v) is 13.0. The molecule has 0 aromatic carbocycles. The Morgan fingerprint density at radius 3 is 2.47 bits per heavy atom. The first-order valence-electron chi connectivity index (χ1n) is 7.96. The average molecular weight is 263 g/mol. The smallest absolute Gasteiger partial charge is 0.0669 e. The van der Waals surface area contributed by atoms with Gasteiger partial charge in [-0.1, -0.05) is 34.1 Å². The van der Waals surface area contributed by atoms with Crippen molar-refractivity contribution in [2.75, 3.05) is 0 Å². The molecule has 0 amide bonds. The fraction of sp³-hybridized carbons (Fsp3) is 0.812. The molecule has 1 aliphatic carbocycles. The summed E-state index contributed by atoms with van der Waals surface area (Å²) in [7, 11) is 0. The Morgan fingerprint density at radius 1 is 1.26 bits per heavy atom. The molecule has 2 rings (SSSR count). The maximum absolute atomic E-state index is 4.88. The Labute approximate surface area is 117 Å². The summed E-state index contributed by atoms with van der Waals surface area (Å²) in [5, 5.41) is 8.43. The highest BCUT2D eigenvalue weighted by atomic mass is 15.3. The van der Waals surface area contributed by atoms with E-state index in [9.17, 15) is 0 Å². The van der Waals surface area contributed by atoms with Crippen molar-refractivity contribution in [3.63, 3.8) is 0 Å². The molecule has 3 heteroatoms. The van der Waals surface area contributed by atoms with E-state index >= 15 is 0 Å². The van der Waals surface area contributed by atoms with Gasteiger partial charge in [-0.3, -0.25) is 4.68 Å². The van der Waals surface area contributed by atoms with E-state index in [-0.39, 0.29) is 0 Å². The first-order valence-corrected chi connectivity index (χ1v) is 7.96. The molecule has 0 radical (unpaired) electrons. The summed E-state index contributed by atoms with van der Waals surface area (Å²) in [5.41, 5.74) is 4.21. The van der Waals surface area contributed by atoms with Gasteiger partial charge in [0.15, 0.2) is 0 Å². The van der Waals surface area contributed by atoms with Gasteiger partial charge < -0.3 is 5.32 Å². The third-order valence-corrected chi connectivity index (χ3v) is 4.26. The quantitative estimate of drug-likeness (QED) is 0.818. The summed E-state index contributed by atoms with van der Waals surface area (Å²) in [6, 6.07) is 0.532. The van der Waals surface area contributed by atoms with Crippen LogP contribution in [0.1, 0.15) is 63.9 Å². The third-order valence-electron chi connectivity index (χ3n) is 4.26. The second kappa shape index (κ2) is 6.56. The van der Waals surface area contributed by atoms with Crippen molar-refractivity contribution in [2.45, 2.75) is 78.9 Å². The summed E-state index contributed by atoms with van der Waals surface area (Å²) >= 11 is 0. The van der Waals surface area contributed by atoms with Crippen molar-refractivity contribution in [3.8, 4) is 0 Å². The zero-order valence-electron chi connectivity index (χ0n) is 13.0. The molecule has 1 aromatic rings. The summed E-state index contributed by atoms with van der Waals surface area (Å²) in [5.74, 6) is 0.876. The highest BCUT2D eigenvalue weighted by Gasteiger charge is 2.22. The SMILES string of the molecule is CCc1nn(CC2CCC2)c(CC)c1CNC(C)C. The van der Waals surface area contributed by atoms with Crippen LogP contribution >= 0.6 is 0 Å². The first-order chi connectivity index (χ1) is 9.15. The number of aryl methyl sites for hydroxylation is 1. The lowest BCUT2D eigenvalue weighted by Gasteiger charge is -2.26. The van der Waals surface area contributed by atoms with Crippen LogP contribution in [0.25, 0.3) is 0 Å². The Hall–Kier alpha value is -0.830. The van der Waals surface area contributed by atoms with Crippen LogP contribution in [-0.2, 0) is 25.9 Å². The van der Waals surface area contributed by atoms with Crippen molar-refractivity contribution < 1.29 is 0 Å². The largest absolute Gasteiger partial charge is 0.310 e. The molecule has 0 atom stereocenters. The van der Waals surface area contributed by atoms with Crippen molar-refractivity contribution in [2.24, 2.45) is 5.92 Å². The van der Waals surface area contributed by atoms with Gasteiger partial charge in [0.2, 0.25) is 0 Å². The molecule has 1 heterocycles. The monoisotopic (exact) mass is 263 g/mol. The molecule has 3 nitrogen and oxygen atoms in total. The van der Waals surface area contributed by atoms with Crippen molar-refractivity contribution in [1.29, 1.82) is 0 Å². The maximum atomic E-state index is 4.88. The molecular formula is C16H29N3. The van der Waals surface area contributed by atoms with Gasteiger partial charge in [0.1, 0.15) is 0 Å². The first kappa shape index (κ1) is 14.6. The lowest BCUT2D eigenvalue weighted by atomic mass is 9.85. The number of hydrogen-bond acceptors (Lipinski definition) is 2. The minimum atomic E-state index is 0.532.